The van der Waals surface area contributed by atoms with E-state index in [0.29, 0.717) is 17.3 Å². The van der Waals surface area contributed by atoms with E-state index in [0.717, 1.165) is 48.1 Å². The SMILES string of the molecule is C\C=C(N=Cc1ccc2nccnc2c1)/C(=C(F)\C=C(/C)CC)N1CCC(C)C1. The van der Waals surface area contributed by atoms with Crippen molar-refractivity contribution in [1.29, 1.82) is 0 Å². The van der Waals surface area contributed by atoms with Crippen LogP contribution in [-0.4, -0.2) is 34.2 Å². The molecule has 1 aliphatic heterocycles. The second-order valence-electron chi connectivity index (χ2n) is 7.62. The van der Waals surface area contributed by atoms with Crippen LogP contribution in [0.15, 0.2) is 70.5 Å². The molecule has 1 aromatic carbocycles. The first-order valence-corrected chi connectivity index (χ1v) is 10.2. The number of rotatable bonds is 6. The highest BCUT2D eigenvalue weighted by molar-refractivity contribution is 5.87. The number of aromatic nitrogens is 2. The fraction of sp³-hybridized carbons (Fsp3) is 0.375. The number of nitrogens with zero attached hydrogens (tertiary/aromatic N) is 4. The summed E-state index contributed by atoms with van der Waals surface area (Å²) < 4.78 is 15.3. The van der Waals surface area contributed by atoms with Crippen LogP contribution in [0.2, 0.25) is 0 Å². The molecule has 1 atom stereocenters. The van der Waals surface area contributed by atoms with Crippen molar-refractivity contribution in [1.82, 2.24) is 14.9 Å². The second-order valence-corrected chi connectivity index (χ2v) is 7.62. The van der Waals surface area contributed by atoms with Crippen molar-refractivity contribution in [2.45, 2.75) is 40.5 Å². The second kappa shape index (κ2) is 9.59. The minimum atomic E-state index is -0.215. The van der Waals surface area contributed by atoms with Crippen molar-refractivity contribution in [3.63, 3.8) is 0 Å². The van der Waals surface area contributed by atoms with E-state index in [9.17, 15) is 0 Å². The topological polar surface area (TPSA) is 41.4 Å². The first-order valence-electron chi connectivity index (χ1n) is 10.2. The largest absolute Gasteiger partial charge is 0.367 e. The molecule has 0 radical (unpaired) electrons. The van der Waals surface area contributed by atoms with E-state index < -0.39 is 0 Å². The molecule has 1 fully saturated rings. The van der Waals surface area contributed by atoms with Crippen LogP contribution in [0.3, 0.4) is 0 Å². The van der Waals surface area contributed by atoms with Crippen LogP contribution in [0.5, 0.6) is 0 Å². The van der Waals surface area contributed by atoms with Crippen LogP contribution in [0.4, 0.5) is 4.39 Å². The predicted octanol–water partition coefficient (Wildman–Crippen LogP) is 5.83. The normalized spacial score (nSPS) is 19.3. The Morgan fingerprint density at radius 2 is 2.03 bits per heavy atom. The molecule has 2 aromatic rings. The van der Waals surface area contributed by atoms with Crippen LogP contribution < -0.4 is 0 Å². The van der Waals surface area contributed by atoms with E-state index >= 15 is 4.39 Å². The van der Waals surface area contributed by atoms with Crippen LogP contribution in [0, 0.1) is 5.92 Å². The number of hydrogen-bond donors (Lipinski definition) is 0. The maximum Gasteiger partial charge on any atom is 0.148 e. The van der Waals surface area contributed by atoms with Gasteiger partial charge in [0, 0.05) is 31.7 Å². The van der Waals surface area contributed by atoms with Gasteiger partial charge in [0.2, 0.25) is 0 Å². The lowest BCUT2D eigenvalue weighted by atomic mass is 10.1. The highest BCUT2D eigenvalue weighted by Crippen LogP contribution is 2.29. The van der Waals surface area contributed by atoms with E-state index in [1.54, 1.807) is 24.7 Å². The molecule has 152 valence electrons. The summed E-state index contributed by atoms with van der Waals surface area (Å²) in [5.74, 6) is 0.336. The number of benzene rings is 1. The molecule has 0 bridgehead atoms. The number of hydrogen-bond acceptors (Lipinski definition) is 4. The number of aliphatic imine (C=N–C) groups is 1. The first kappa shape index (κ1) is 20.9. The van der Waals surface area contributed by atoms with Gasteiger partial charge in [-0.3, -0.25) is 15.0 Å². The Morgan fingerprint density at radius 1 is 1.28 bits per heavy atom. The molecule has 1 aromatic heterocycles. The molecule has 0 N–H and O–H groups in total. The van der Waals surface area contributed by atoms with E-state index in [2.05, 4.69) is 26.8 Å². The van der Waals surface area contributed by atoms with Gasteiger partial charge in [0.05, 0.1) is 22.4 Å². The maximum absolute atomic E-state index is 15.3. The van der Waals surface area contributed by atoms with Crippen molar-refractivity contribution in [2.75, 3.05) is 13.1 Å². The molecule has 0 aliphatic carbocycles. The summed E-state index contributed by atoms with van der Waals surface area (Å²) in [6.07, 6.45) is 10.5. The molecule has 0 amide bonds. The summed E-state index contributed by atoms with van der Waals surface area (Å²) in [6.45, 7) is 9.80. The zero-order valence-electron chi connectivity index (χ0n) is 17.7. The lowest BCUT2D eigenvalue weighted by molar-refractivity contribution is 0.399. The molecular weight excluding hydrogens is 363 g/mol. The molecule has 2 heterocycles. The smallest absolute Gasteiger partial charge is 0.148 e. The van der Waals surface area contributed by atoms with Crippen LogP contribution in [-0.2, 0) is 0 Å². The molecule has 29 heavy (non-hydrogen) atoms. The van der Waals surface area contributed by atoms with Crippen LogP contribution >= 0.6 is 0 Å². The molecule has 5 heteroatoms. The maximum atomic E-state index is 15.3. The van der Waals surface area contributed by atoms with Gasteiger partial charge in [0.1, 0.15) is 5.83 Å². The van der Waals surface area contributed by atoms with Gasteiger partial charge in [0.15, 0.2) is 0 Å². The Bertz CT molecular complexity index is 987. The van der Waals surface area contributed by atoms with E-state index in [4.69, 9.17) is 0 Å². The van der Waals surface area contributed by atoms with Gasteiger partial charge in [-0.1, -0.05) is 31.6 Å². The van der Waals surface area contributed by atoms with Gasteiger partial charge in [-0.2, -0.15) is 0 Å². The van der Waals surface area contributed by atoms with Crippen molar-refractivity contribution < 1.29 is 4.39 Å². The van der Waals surface area contributed by atoms with Crippen molar-refractivity contribution in [3.05, 3.63) is 71.1 Å². The van der Waals surface area contributed by atoms with Gasteiger partial charge in [0.25, 0.3) is 0 Å². The number of fused-ring (bicyclic) bond motifs is 1. The zero-order valence-corrected chi connectivity index (χ0v) is 17.7. The minimum Gasteiger partial charge on any atom is -0.367 e. The molecule has 1 unspecified atom stereocenters. The zero-order chi connectivity index (χ0) is 20.8. The fourth-order valence-electron chi connectivity index (χ4n) is 3.44. The number of halogens is 1. The first-order chi connectivity index (χ1) is 14.0. The predicted molar refractivity (Wildman–Crippen MR) is 118 cm³/mol. The molecule has 0 spiro atoms. The molecule has 4 nitrogen and oxygen atoms in total. The fourth-order valence-corrected chi connectivity index (χ4v) is 3.44. The van der Waals surface area contributed by atoms with Gasteiger partial charge >= 0.3 is 0 Å². The Kier molecular flexibility index (Phi) is 6.91. The quantitative estimate of drug-likeness (QED) is 0.459. The lowest BCUT2D eigenvalue weighted by Gasteiger charge is -2.23. The molecule has 3 rings (SSSR count). The van der Waals surface area contributed by atoms with E-state index in [1.807, 2.05) is 45.0 Å². The van der Waals surface area contributed by atoms with Gasteiger partial charge in [-0.05, 0) is 56.4 Å². The highest BCUT2D eigenvalue weighted by atomic mass is 19.1. The molecule has 1 saturated heterocycles. The van der Waals surface area contributed by atoms with Crippen LogP contribution in [0.1, 0.15) is 46.1 Å². The summed E-state index contributed by atoms with van der Waals surface area (Å²) in [6, 6.07) is 5.82. The Hall–Kier alpha value is -2.82. The summed E-state index contributed by atoms with van der Waals surface area (Å²) in [5.41, 5.74) is 4.81. The number of allylic oxidation sites excluding steroid dienone is 4. The Balaban J connectivity index is 1.96. The lowest BCUT2D eigenvalue weighted by Crippen LogP contribution is -2.22. The van der Waals surface area contributed by atoms with Crippen molar-refractivity contribution in [3.8, 4) is 0 Å². The average Bonchev–Trinajstić information content (AvgIpc) is 3.16. The summed E-state index contributed by atoms with van der Waals surface area (Å²) >= 11 is 0. The van der Waals surface area contributed by atoms with Crippen molar-refractivity contribution in [2.24, 2.45) is 10.9 Å². The van der Waals surface area contributed by atoms with Gasteiger partial charge in [-0.25, -0.2) is 4.39 Å². The minimum absolute atomic E-state index is 0.215. The van der Waals surface area contributed by atoms with E-state index in [1.165, 1.54) is 0 Å². The molecular formula is C24H29FN4. The standard InChI is InChI=1S/C24H29FN4/c1-5-17(3)13-20(25)24(29-12-9-18(4)16-29)21(6-2)28-15-19-7-8-22-23(14-19)27-11-10-26-22/h6-8,10-11,13-15,18H,5,9,12,16H2,1-4H3/b17-13+,21-6+,24-20-,28-15?. The van der Waals surface area contributed by atoms with E-state index in [-0.39, 0.29) is 5.83 Å². The highest BCUT2D eigenvalue weighted by Gasteiger charge is 2.25. The summed E-state index contributed by atoms with van der Waals surface area (Å²) in [4.78, 5) is 15.4. The monoisotopic (exact) mass is 392 g/mol. The number of likely N-dealkylation sites (tertiary alicyclic amines) is 1. The molecule has 0 saturated carbocycles. The Labute approximate surface area is 172 Å². The van der Waals surface area contributed by atoms with Gasteiger partial charge < -0.3 is 4.90 Å². The Morgan fingerprint density at radius 3 is 2.69 bits per heavy atom. The third kappa shape index (κ3) is 5.17. The molecule has 1 aliphatic rings. The van der Waals surface area contributed by atoms with Crippen molar-refractivity contribution >= 4 is 17.2 Å². The third-order valence-corrected chi connectivity index (χ3v) is 5.26. The van der Waals surface area contributed by atoms with Gasteiger partial charge in [-0.15, -0.1) is 0 Å². The summed E-state index contributed by atoms with van der Waals surface area (Å²) in [5, 5.41) is 0. The van der Waals surface area contributed by atoms with Crippen LogP contribution in [0.25, 0.3) is 11.0 Å². The average molecular weight is 393 g/mol. The third-order valence-electron chi connectivity index (χ3n) is 5.26. The summed E-state index contributed by atoms with van der Waals surface area (Å²) in [7, 11) is 0.